The van der Waals surface area contributed by atoms with E-state index in [-0.39, 0.29) is 11.7 Å². The van der Waals surface area contributed by atoms with Crippen LogP contribution in [0.4, 0.5) is 0 Å². The van der Waals surface area contributed by atoms with Crippen LogP contribution in [0, 0.1) is 5.92 Å². The van der Waals surface area contributed by atoms with Gasteiger partial charge in [-0.25, -0.2) is 0 Å². The average molecular weight is 336 g/mol. The Balaban J connectivity index is 1.45. The highest BCUT2D eigenvalue weighted by molar-refractivity contribution is 6.02. The highest BCUT2D eigenvalue weighted by Crippen LogP contribution is 2.16. The molecule has 1 aliphatic carbocycles. The Morgan fingerprint density at radius 2 is 1.62 bits per heavy atom. The summed E-state index contributed by atoms with van der Waals surface area (Å²) in [6.45, 7) is 0. The Bertz CT molecular complexity index is 1130. The molecule has 26 heavy (non-hydrogen) atoms. The lowest BCUT2D eigenvalue weighted by Gasteiger charge is -2.08. The van der Waals surface area contributed by atoms with Crippen molar-refractivity contribution in [3.8, 4) is 0 Å². The molecule has 0 spiro atoms. The molecule has 0 saturated heterocycles. The summed E-state index contributed by atoms with van der Waals surface area (Å²) >= 11 is 0. The molecule has 0 amide bonds. The van der Waals surface area contributed by atoms with Crippen LogP contribution in [0.25, 0.3) is 29.0 Å². The van der Waals surface area contributed by atoms with E-state index in [9.17, 15) is 4.79 Å². The minimum atomic E-state index is 0.0189. The van der Waals surface area contributed by atoms with E-state index in [2.05, 4.69) is 54.6 Å². The quantitative estimate of drug-likeness (QED) is 0.651. The van der Waals surface area contributed by atoms with E-state index >= 15 is 0 Å². The van der Waals surface area contributed by atoms with Crippen LogP contribution in [-0.2, 0) is 4.79 Å². The molecule has 126 valence electrons. The van der Waals surface area contributed by atoms with E-state index in [1.807, 2.05) is 36.4 Å². The third kappa shape index (κ3) is 3.73. The van der Waals surface area contributed by atoms with Gasteiger partial charge in [-0.2, -0.15) is 0 Å². The first-order chi connectivity index (χ1) is 12.8. The fourth-order valence-electron chi connectivity index (χ4n) is 3.31. The average Bonchev–Trinajstić information content (AvgIpc) is 2.70. The summed E-state index contributed by atoms with van der Waals surface area (Å²) in [6.07, 6.45) is 12.6. The van der Waals surface area contributed by atoms with Crippen LogP contribution >= 0.6 is 0 Å². The zero-order chi connectivity index (χ0) is 17.8. The molecule has 0 fully saturated rings. The lowest BCUT2D eigenvalue weighted by molar-refractivity contribution is -0.110. The number of allylic oxidation sites excluding steroid dienone is 3. The van der Waals surface area contributed by atoms with Crippen LogP contribution in [0.2, 0.25) is 0 Å². The number of benzene rings is 3. The van der Waals surface area contributed by atoms with Gasteiger partial charge in [-0.3, -0.25) is 4.79 Å². The maximum Gasteiger partial charge on any atom is 0.178 e. The maximum atomic E-state index is 12.2. The summed E-state index contributed by atoms with van der Waals surface area (Å²) in [5.41, 5.74) is 1.04. The van der Waals surface area contributed by atoms with Crippen molar-refractivity contribution in [3.05, 3.63) is 101 Å². The second-order valence-corrected chi connectivity index (χ2v) is 6.60. The zero-order valence-corrected chi connectivity index (χ0v) is 14.5. The van der Waals surface area contributed by atoms with Crippen molar-refractivity contribution >= 4 is 34.8 Å². The van der Waals surface area contributed by atoms with Gasteiger partial charge in [-0.15, -0.1) is 0 Å². The summed E-state index contributed by atoms with van der Waals surface area (Å²) in [5, 5.41) is 4.91. The predicted molar refractivity (Wildman–Crippen MR) is 110 cm³/mol. The van der Waals surface area contributed by atoms with Crippen molar-refractivity contribution in [3.63, 3.8) is 0 Å². The van der Waals surface area contributed by atoms with E-state index < -0.39 is 0 Å². The monoisotopic (exact) mass is 336 g/mol. The van der Waals surface area contributed by atoms with Crippen molar-refractivity contribution < 1.29 is 4.79 Å². The molecule has 1 nitrogen and oxygen atoms in total. The van der Waals surface area contributed by atoms with Crippen molar-refractivity contribution in [1.29, 1.82) is 0 Å². The van der Waals surface area contributed by atoms with E-state index in [4.69, 9.17) is 0 Å². The van der Waals surface area contributed by atoms with E-state index in [1.165, 1.54) is 21.2 Å². The van der Waals surface area contributed by atoms with Crippen LogP contribution in [-0.4, -0.2) is 5.78 Å². The third-order valence-corrected chi connectivity index (χ3v) is 4.72. The smallest absolute Gasteiger partial charge is 0.178 e. The van der Waals surface area contributed by atoms with Crippen molar-refractivity contribution in [2.45, 2.75) is 6.42 Å². The van der Waals surface area contributed by atoms with Gasteiger partial charge in [0, 0.05) is 0 Å². The van der Waals surface area contributed by atoms with E-state index in [0.717, 1.165) is 12.0 Å². The van der Waals surface area contributed by atoms with Crippen LogP contribution < -0.4 is 10.4 Å². The minimum absolute atomic E-state index is 0.0189. The Labute approximate surface area is 153 Å². The lowest BCUT2D eigenvalue weighted by atomic mass is 9.96. The summed E-state index contributed by atoms with van der Waals surface area (Å²) in [5.74, 6) is 0.299. The number of fused-ring (bicyclic) bond motifs is 2. The highest BCUT2D eigenvalue weighted by Gasteiger charge is 2.04. The van der Waals surface area contributed by atoms with Crippen LogP contribution in [0.15, 0.2) is 85.0 Å². The Morgan fingerprint density at radius 1 is 0.846 bits per heavy atom. The molecule has 3 aromatic carbocycles. The number of carbonyl (C=O) groups is 1. The molecule has 0 radical (unpaired) electrons. The topological polar surface area (TPSA) is 17.1 Å². The highest BCUT2D eigenvalue weighted by atomic mass is 16.1. The lowest BCUT2D eigenvalue weighted by Crippen LogP contribution is -2.27. The van der Waals surface area contributed by atoms with Gasteiger partial charge in [0.25, 0.3) is 0 Å². The molecule has 3 aromatic rings. The minimum Gasteiger partial charge on any atom is -0.290 e. The fourth-order valence-corrected chi connectivity index (χ4v) is 3.31. The largest absolute Gasteiger partial charge is 0.290 e. The molecular weight excluding hydrogens is 316 g/mol. The molecular formula is C25H20O. The Morgan fingerprint density at radius 3 is 2.50 bits per heavy atom. The maximum absolute atomic E-state index is 12.2. The summed E-state index contributed by atoms with van der Waals surface area (Å²) in [6, 6.07) is 22.8. The predicted octanol–water partition coefficient (Wildman–Crippen LogP) is 4.26. The summed E-state index contributed by atoms with van der Waals surface area (Å²) in [7, 11) is 0. The van der Waals surface area contributed by atoms with Gasteiger partial charge in [-0.1, -0.05) is 85.0 Å². The summed E-state index contributed by atoms with van der Waals surface area (Å²) in [4.78, 5) is 12.2. The van der Waals surface area contributed by atoms with E-state index in [0.29, 0.717) is 0 Å². The molecule has 1 unspecified atom stereocenters. The van der Waals surface area contributed by atoms with Gasteiger partial charge < -0.3 is 0 Å². The van der Waals surface area contributed by atoms with Crippen molar-refractivity contribution in [2.75, 3.05) is 0 Å². The molecule has 0 heterocycles. The molecule has 0 N–H and O–H groups in total. The molecule has 1 heteroatoms. The number of hydrogen-bond acceptors (Lipinski definition) is 1. The number of ketones is 1. The van der Waals surface area contributed by atoms with Gasteiger partial charge in [0.1, 0.15) is 0 Å². The van der Waals surface area contributed by atoms with Gasteiger partial charge in [0.05, 0.1) is 0 Å². The van der Waals surface area contributed by atoms with Gasteiger partial charge in [-0.05, 0) is 57.3 Å². The number of rotatable bonds is 4. The first kappa shape index (κ1) is 16.3. The Kier molecular flexibility index (Phi) is 4.61. The normalized spacial score (nSPS) is 16.4. The Hall–Kier alpha value is -3.19. The van der Waals surface area contributed by atoms with Gasteiger partial charge >= 0.3 is 0 Å². The molecule has 0 bridgehead atoms. The number of carbonyl (C=O) groups excluding carboxylic acids is 1. The fraction of sp³-hybridized carbons (Fsp3) is 0.0800. The molecule has 4 rings (SSSR count). The number of hydrogen-bond donors (Lipinski definition) is 0. The first-order valence-electron chi connectivity index (χ1n) is 8.94. The van der Waals surface area contributed by atoms with Crippen molar-refractivity contribution in [1.82, 2.24) is 0 Å². The zero-order valence-electron chi connectivity index (χ0n) is 14.5. The van der Waals surface area contributed by atoms with Crippen molar-refractivity contribution in [2.24, 2.45) is 5.92 Å². The third-order valence-electron chi connectivity index (χ3n) is 4.72. The standard InChI is InChI=1S/C25H20O/c26-25(15-11-19-9-13-21-5-1-3-7-23(21)17-19)16-12-20-10-14-22-6-2-4-8-24(22)18-20/h1-9,11-18,20H,10H2. The van der Waals surface area contributed by atoms with Crippen LogP contribution in [0.3, 0.4) is 0 Å². The molecule has 1 aliphatic rings. The summed E-state index contributed by atoms with van der Waals surface area (Å²) < 4.78 is 0. The van der Waals surface area contributed by atoms with E-state index in [1.54, 1.807) is 12.2 Å². The van der Waals surface area contributed by atoms with Gasteiger partial charge in [0.2, 0.25) is 0 Å². The molecule has 0 aromatic heterocycles. The molecule has 1 atom stereocenters. The van der Waals surface area contributed by atoms with Crippen LogP contribution in [0.5, 0.6) is 0 Å². The SMILES string of the molecule is O=C(C=Cc1ccc2ccccc2c1)C=CC1C=c2ccccc2=CC1. The van der Waals surface area contributed by atoms with Gasteiger partial charge in [0.15, 0.2) is 5.78 Å². The second kappa shape index (κ2) is 7.37. The first-order valence-corrected chi connectivity index (χ1v) is 8.94. The molecule has 0 saturated carbocycles. The second-order valence-electron chi connectivity index (χ2n) is 6.60. The van der Waals surface area contributed by atoms with Crippen LogP contribution in [0.1, 0.15) is 12.0 Å². The molecule has 0 aliphatic heterocycles.